The molecule has 5 rings (SSSR count). The Morgan fingerprint density at radius 2 is 1.49 bits per heavy atom. The molecule has 45 heavy (non-hydrogen) atoms. The third-order valence-electron chi connectivity index (χ3n) is 7.88. The van der Waals surface area contributed by atoms with Crippen LogP contribution in [0.1, 0.15) is 84.5 Å². The summed E-state index contributed by atoms with van der Waals surface area (Å²) in [7, 11) is -3.12. The highest BCUT2D eigenvalue weighted by Crippen LogP contribution is 2.49. The van der Waals surface area contributed by atoms with Crippen LogP contribution in [0.2, 0.25) is 0 Å². The fourth-order valence-electron chi connectivity index (χ4n) is 5.78. The smallest absolute Gasteiger partial charge is 0.420 e. The second-order valence-corrected chi connectivity index (χ2v) is 17.2. The lowest BCUT2D eigenvalue weighted by molar-refractivity contribution is 0.0204. The second kappa shape index (κ2) is 12.4. The highest BCUT2D eigenvalue weighted by Gasteiger charge is 2.39. The first-order chi connectivity index (χ1) is 20.9. The van der Waals surface area contributed by atoms with Crippen LogP contribution in [0.25, 0.3) is 0 Å². The summed E-state index contributed by atoms with van der Waals surface area (Å²) < 4.78 is 43.3. The molecule has 12 nitrogen and oxygen atoms in total. The van der Waals surface area contributed by atoms with E-state index >= 15 is 0 Å². The molecule has 3 aliphatic rings. The molecular formula is C31H42IN5O7S. The van der Waals surface area contributed by atoms with Crippen molar-refractivity contribution in [2.45, 2.75) is 84.5 Å². The molecule has 0 bridgehead atoms. The first kappa shape index (κ1) is 33.5. The number of benzene rings is 1. The van der Waals surface area contributed by atoms with Crippen LogP contribution in [0.5, 0.6) is 5.75 Å². The minimum absolute atomic E-state index is 0.0189. The number of halogens is 1. The molecule has 14 heteroatoms. The van der Waals surface area contributed by atoms with Crippen LogP contribution in [0, 0.1) is 3.57 Å². The van der Waals surface area contributed by atoms with Crippen LogP contribution < -0.4 is 14.5 Å². The van der Waals surface area contributed by atoms with Gasteiger partial charge in [-0.05, 0) is 108 Å². The van der Waals surface area contributed by atoms with Gasteiger partial charge in [0.15, 0.2) is 21.4 Å². The van der Waals surface area contributed by atoms with E-state index in [1.54, 1.807) is 4.90 Å². The lowest BCUT2D eigenvalue weighted by Crippen LogP contribution is -2.42. The van der Waals surface area contributed by atoms with Gasteiger partial charge in [-0.15, -0.1) is 0 Å². The third kappa shape index (κ3) is 7.58. The molecule has 2 aromatic rings. The van der Waals surface area contributed by atoms with Crippen molar-refractivity contribution in [3.8, 4) is 5.75 Å². The summed E-state index contributed by atoms with van der Waals surface area (Å²) in [4.78, 5) is 41.0. The molecule has 1 aromatic heterocycles. The van der Waals surface area contributed by atoms with Crippen molar-refractivity contribution in [1.82, 2.24) is 14.9 Å². The number of ether oxygens (including phenoxy) is 3. The molecule has 2 saturated heterocycles. The molecule has 1 atom stereocenters. The maximum atomic E-state index is 14.0. The Hall–Kier alpha value is -2.88. The van der Waals surface area contributed by atoms with Crippen LogP contribution in [0.4, 0.5) is 26.9 Å². The molecule has 0 saturated carbocycles. The molecule has 4 heterocycles. The normalized spacial score (nSPS) is 20.4. The Bertz CT molecular complexity index is 1570. The average molecular weight is 756 g/mol. The molecule has 0 N–H and O–H groups in total. The van der Waals surface area contributed by atoms with Crippen molar-refractivity contribution in [2.75, 3.05) is 47.5 Å². The van der Waals surface area contributed by atoms with E-state index in [1.165, 1.54) is 11.2 Å². The summed E-state index contributed by atoms with van der Waals surface area (Å²) in [5.74, 6) is 1.57. The van der Waals surface area contributed by atoms with Gasteiger partial charge in [-0.25, -0.2) is 32.9 Å². The van der Waals surface area contributed by atoms with Crippen LogP contribution in [-0.4, -0.2) is 84.4 Å². The number of rotatable bonds is 2. The van der Waals surface area contributed by atoms with Crippen molar-refractivity contribution >= 4 is 61.9 Å². The summed E-state index contributed by atoms with van der Waals surface area (Å²) in [6, 6.07) is 4.04. The number of sulfone groups is 1. The van der Waals surface area contributed by atoms with Crippen LogP contribution in [0.15, 0.2) is 18.5 Å². The van der Waals surface area contributed by atoms with Gasteiger partial charge in [-0.2, -0.15) is 0 Å². The maximum Gasteiger partial charge on any atom is 0.420 e. The number of hydrogen-bond donors (Lipinski definition) is 0. The summed E-state index contributed by atoms with van der Waals surface area (Å²) in [5.41, 5.74) is 0.770. The zero-order valence-electron chi connectivity index (χ0n) is 26.9. The number of amides is 2. The number of carbonyl (C=O) groups excluding carboxylic acids is 2. The molecular weight excluding hydrogens is 713 g/mol. The number of fused-ring (bicyclic) bond motifs is 2. The van der Waals surface area contributed by atoms with Crippen LogP contribution in [-0.2, 0) is 19.3 Å². The number of likely N-dealkylation sites (tertiary alicyclic amines) is 1. The van der Waals surface area contributed by atoms with E-state index in [9.17, 15) is 18.0 Å². The standard InChI is InChI=1S/C31H42IN5O7S/c1-19-24-26(35-12-14-45(40,41)15-13-35)33-18-34-27(24)37(29(39)44-31(5,6)7)23-17-21(16-22(32)25(23)42-19)20-8-10-36(11-9-20)28(38)43-30(2,3)4/h16-20H,8-15H2,1-7H3. The van der Waals surface area contributed by atoms with Gasteiger partial charge in [-0.3, -0.25) is 0 Å². The van der Waals surface area contributed by atoms with Crippen molar-refractivity contribution in [3.63, 3.8) is 0 Å². The fraction of sp³-hybridized carbons (Fsp3) is 0.613. The number of carbonyl (C=O) groups is 2. The summed E-state index contributed by atoms with van der Waals surface area (Å²) in [6.07, 6.45) is 1.39. The minimum atomic E-state index is -3.12. The molecule has 0 aliphatic carbocycles. The van der Waals surface area contributed by atoms with Crippen molar-refractivity contribution in [3.05, 3.63) is 33.2 Å². The largest absolute Gasteiger partial charge is 0.482 e. The van der Waals surface area contributed by atoms with E-state index in [4.69, 9.17) is 14.2 Å². The predicted molar refractivity (Wildman–Crippen MR) is 179 cm³/mol. The van der Waals surface area contributed by atoms with Crippen molar-refractivity contribution in [1.29, 1.82) is 0 Å². The SMILES string of the molecule is CC1Oc2c(I)cc(C3CCN(C(=O)OC(C)(C)C)CC3)cc2N(C(=O)OC(C)(C)C)c2ncnc(N3CCS(=O)(=O)CC3)c21. The average Bonchev–Trinajstić information content (AvgIpc) is 3.05. The van der Waals surface area contributed by atoms with Gasteiger partial charge in [0.25, 0.3) is 0 Å². The van der Waals surface area contributed by atoms with Gasteiger partial charge in [0, 0.05) is 26.2 Å². The molecule has 2 fully saturated rings. The molecule has 0 spiro atoms. The van der Waals surface area contributed by atoms with Crippen molar-refractivity contribution in [2.24, 2.45) is 0 Å². The number of anilines is 3. The lowest BCUT2D eigenvalue weighted by atomic mass is 9.89. The Labute approximate surface area is 278 Å². The van der Waals surface area contributed by atoms with E-state index in [1.807, 2.05) is 59.4 Å². The zero-order chi connectivity index (χ0) is 32.9. The van der Waals surface area contributed by atoms with E-state index in [-0.39, 0.29) is 36.6 Å². The number of hydrogen-bond acceptors (Lipinski definition) is 10. The Morgan fingerprint density at radius 1 is 0.911 bits per heavy atom. The van der Waals surface area contributed by atoms with Crippen molar-refractivity contribution < 1.29 is 32.2 Å². The fourth-order valence-corrected chi connectivity index (χ4v) is 7.74. The lowest BCUT2D eigenvalue weighted by Gasteiger charge is -2.34. The first-order valence-corrected chi connectivity index (χ1v) is 18.1. The number of nitrogens with zero attached hydrogens (tertiary/aromatic N) is 5. The third-order valence-corrected chi connectivity index (χ3v) is 10.3. The van der Waals surface area contributed by atoms with Crippen LogP contribution >= 0.6 is 22.6 Å². The van der Waals surface area contributed by atoms with Gasteiger partial charge in [0.05, 0.1) is 26.3 Å². The minimum Gasteiger partial charge on any atom is -0.482 e. The molecule has 2 amide bonds. The van der Waals surface area contributed by atoms with Crippen LogP contribution in [0.3, 0.4) is 0 Å². The maximum absolute atomic E-state index is 14.0. The molecule has 3 aliphatic heterocycles. The molecule has 246 valence electrons. The Kier molecular flexibility index (Phi) is 9.21. The highest BCUT2D eigenvalue weighted by atomic mass is 127. The Balaban J connectivity index is 1.54. The molecule has 1 aromatic carbocycles. The monoisotopic (exact) mass is 755 g/mol. The summed E-state index contributed by atoms with van der Waals surface area (Å²) in [5, 5.41) is 0. The number of aromatic nitrogens is 2. The van der Waals surface area contributed by atoms with Gasteiger partial charge >= 0.3 is 12.2 Å². The first-order valence-electron chi connectivity index (χ1n) is 15.2. The van der Waals surface area contributed by atoms with E-state index < -0.39 is 33.2 Å². The zero-order valence-corrected chi connectivity index (χ0v) is 29.9. The molecule has 1 unspecified atom stereocenters. The van der Waals surface area contributed by atoms with Gasteiger partial charge in [-0.1, -0.05) is 0 Å². The van der Waals surface area contributed by atoms with Gasteiger partial charge in [0.2, 0.25) is 0 Å². The topological polar surface area (TPSA) is 131 Å². The van der Waals surface area contributed by atoms with E-state index in [2.05, 4.69) is 38.6 Å². The summed E-state index contributed by atoms with van der Waals surface area (Å²) in [6.45, 7) is 14.6. The molecule has 0 radical (unpaired) electrons. The highest BCUT2D eigenvalue weighted by molar-refractivity contribution is 14.1. The van der Waals surface area contributed by atoms with E-state index in [0.717, 1.165) is 22.0 Å². The van der Waals surface area contributed by atoms with Gasteiger partial charge < -0.3 is 24.0 Å². The summed E-state index contributed by atoms with van der Waals surface area (Å²) >= 11 is 2.24. The van der Waals surface area contributed by atoms with Gasteiger partial charge in [0.1, 0.15) is 29.5 Å². The van der Waals surface area contributed by atoms with E-state index in [0.29, 0.717) is 41.7 Å². The predicted octanol–water partition coefficient (Wildman–Crippen LogP) is 5.96. The Morgan fingerprint density at radius 3 is 2.09 bits per heavy atom. The second-order valence-electron chi connectivity index (χ2n) is 13.7. The number of piperidine rings is 1. The quantitative estimate of drug-likeness (QED) is 0.339.